The van der Waals surface area contributed by atoms with Crippen LogP contribution in [-0.2, 0) is 16.1 Å². The molecule has 0 fully saturated rings. The normalized spacial score (nSPS) is 11.6. The quantitative estimate of drug-likeness (QED) is 0.533. The fourth-order valence-electron chi connectivity index (χ4n) is 3.09. The van der Waals surface area contributed by atoms with E-state index in [1.807, 2.05) is 62.4 Å². The lowest BCUT2D eigenvalue weighted by atomic mass is 10.1. The van der Waals surface area contributed by atoms with Gasteiger partial charge in [0.1, 0.15) is 17.0 Å². The number of ether oxygens (including phenoxy) is 2. The zero-order chi connectivity index (χ0) is 22.2. The fraction of sp³-hybridized carbons (Fsp3) is 0.292. The van der Waals surface area contributed by atoms with Crippen molar-refractivity contribution in [1.29, 1.82) is 0 Å². The molecule has 0 unspecified atom stereocenters. The number of hydrogen-bond donors (Lipinski definition) is 1. The average molecular weight is 421 g/mol. The number of esters is 1. The molecule has 1 atom stereocenters. The van der Waals surface area contributed by atoms with Crippen LogP contribution in [0.2, 0.25) is 0 Å². The predicted molar refractivity (Wildman–Crippen MR) is 118 cm³/mol. The first-order valence-corrected chi connectivity index (χ1v) is 10.2. The molecular formula is C24H27N3O4. The number of carbonyl (C=O) groups excluding carboxylic acids is 2. The molecule has 0 aliphatic rings. The second kappa shape index (κ2) is 10.4. The summed E-state index contributed by atoms with van der Waals surface area (Å²) in [5.41, 5.74) is 2.44. The lowest BCUT2D eigenvalue weighted by Gasteiger charge is -2.11. The summed E-state index contributed by atoms with van der Waals surface area (Å²) in [5, 5.41) is 7.41. The molecule has 162 valence electrons. The van der Waals surface area contributed by atoms with E-state index in [1.54, 1.807) is 24.1 Å². The second-order valence-corrected chi connectivity index (χ2v) is 7.23. The van der Waals surface area contributed by atoms with Crippen LogP contribution in [0, 0.1) is 0 Å². The van der Waals surface area contributed by atoms with E-state index in [1.165, 1.54) is 0 Å². The van der Waals surface area contributed by atoms with Crippen LogP contribution >= 0.6 is 0 Å². The van der Waals surface area contributed by atoms with Gasteiger partial charge in [0.25, 0.3) is 5.91 Å². The number of nitrogens with zero attached hydrogens (tertiary/aromatic N) is 2. The number of hydrogen-bond acceptors (Lipinski definition) is 5. The van der Waals surface area contributed by atoms with Crippen LogP contribution in [0.15, 0.2) is 60.8 Å². The summed E-state index contributed by atoms with van der Waals surface area (Å²) in [6.07, 6.45) is 2.44. The zero-order valence-electron chi connectivity index (χ0n) is 18.0. The molecular weight excluding hydrogens is 394 g/mol. The van der Waals surface area contributed by atoms with Gasteiger partial charge in [-0.2, -0.15) is 5.10 Å². The van der Waals surface area contributed by atoms with Gasteiger partial charge >= 0.3 is 5.97 Å². The standard InChI is InChI=1S/C24H27N3O4/c1-4-17(2)25-22(28)16-31-24(29)20-15-27(14-18-10-6-5-7-11-18)26-23(20)19-12-8-9-13-21(19)30-3/h5-13,15,17H,4,14,16H2,1-3H3,(H,25,28)/t17-/m1/s1. The van der Waals surface area contributed by atoms with Crippen LogP contribution in [0.1, 0.15) is 36.2 Å². The van der Waals surface area contributed by atoms with Gasteiger partial charge in [-0.25, -0.2) is 4.79 Å². The van der Waals surface area contributed by atoms with Gasteiger partial charge in [-0.05, 0) is 31.0 Å². The summed E-state index contributed by atoms with van der Waals surface area (Å²) in [5.74, 6) is -0.353. The van der Waals surface area contributed by atoms with E-state index < -0.39 is 5.97 Å². The van der Waals surface area contributed by atoms with E-state index in [-0.39, 0.29) is 24.1 Å². The third-order valence-corrected chi connectivity index (χ3v) is 4.89. The maximum atomic E-state index is 12.9. The fourth-order valence-corrected chi connectivity index (χ4v) is 3.09. The van der Waals surface area contributed by atoms with Crippen LogP contribution < -0.4 is 10.1 Å². The Hall–Kier alpha value is -3.61. The molecule has 2 aromatic carbocycles. The molecule has 0 aliphatic carbocycles. The van der Waals surface area contributed by atoms with E-state index in [0.29, 0.717) is 23.6 Å². The first kappa shape index (κ1) is 22.1. The van der Waals surface area contributed by atoms with Crippen molar-refractivity contribution in [2.75, 3.05) is 13.7 Å². The molecule has 1 amide bonds. The Labute approximate surface area is 182 Å². The Morgan fingerprint density at radius 3 is 2.52 bits per heavy atom. The summed E-state index contributed by atoms with van der Waals surface area (Å²) >= 11 is 0. The highest BCUT2D eigenvalue weighted by atomic mass is 16.5. The van der Waals surface area contributed by atoms with Gasteiger partial charge < -0.3 is 14.8 Å². The first-order chi connectivity index (χ1) is 15.0. The predicted octanol–water partition coefficient (Wildman–Crippen LogP) is 3.68. The van der Waals surface area contributed by atoms with Gasteiger partial charge in [0, 0.05) is 17.8 Å². The third-order valence-electron chi connectivity index (χ3n) is 4.89. The molecule has 7 heteroatoms. The number of para-hydroxylation sites is 1. The SMILES string of the molecule is CC[C@@H](C)NC(=O)COC(=O)c1cn(Cc2ccccc2)nc1-c1ccccc1OC. The van der Waals surface area contributed by atoms with Crippen molar-refractivity contribution in [2.45, 2.75) is 32.9 Å². The minimum Gasteiger partial charge on any atom is -0.496 e. The molecule has 0 saturated carbocycles. The molecule has 0 aliphatic heterocycles. The first-order valence-electron chi connectivity index (χ1n) is 10.2. The molecule has 1 aromatic heterocycles. The Bertz CT molecular complexity index is 1030. The minimum absolute atomic E-state index is 0.0176. The van der Waals surface area contributed by atoms with Gasteiger partial charge in [-0.15, -0.1) is 0 Å². The summed E-state index contributed by atoms with van der Waals surface area (Å²) < 4.78 is 12.4. The van der Waals surface area contributed by atoms with Gasteiger partial charge in [-0.3, -0.25) is 9.48 Å². The molecule has 1 heterocycles. The number of nitrogens with one attached hydrogen (secondary N) is 1. The number of methoxy groups -OCH3 is 1. The van der Waals surface area contributed by atoms with E-state index >= 15 is 0 Å². The van der Waals surface area contributed by atoms with Gasteiger partial charge in [0.05, 0.1) is 13.7 Å². The Morgan fingerprint density at radius 1 is 1.10 bits per heavy atom. The third kappa shape index (κ3) is 5.72. The molecule has 0 spiro atoms. The van der Waals surface area contributed by atoms with Crippen LogP contribution in [0.4, 0.5) is 0 Å². The van der Waals surface area contributed by atoms with Crippen molar-refractivity contribution in [3.63, 3.8) is 0 Å². The highest BCUT2D eigenvalue weighted by Crippen LogP contribution is 2.31. The number of carbonyl (C=O) groups is 2. The lowest BCUT2D eigenvalue weighted by molar-refractivity contribution is -0.124. The smallest absolute Gasteiger partial charge is 0.342 e. The molecule has 1 N–H and O–H groups in total. The van der Waals surface area contributed by atoms with E-state index in [0.717, 1.165) is 12.0 Å². The van der Waals surface area contributed by atoms with Crippen molar-refractivity contribution in [3.05, 3.63) is 71.9 Å². The largest absolute Gasteiger partial charge is 0.496 e. The van der Waals surface area contributed by atoms with E-state index in [9.17, 15) is 9.59 Å². The van der Waals surface area contributed by atoms with Gasteiger partial charge in [-0.1, -0.05) is 49.4 Å². The summed E-state index contributed by atoms with van der Waals surface area (Å²) in [4.78, 5) is 24.9. The summed E-state index contributed by atoms with van der Waals surface area (Å²) in [6.45, 7) is 4.01. The Kier molecular flexibility index (Phi) is 7.43. The zero-order valence-corrected chi connectivity index (χ0v) is 18.0. The monoisotopic (exact) mass is 421 g/mol. The van der Waals surface area contributed by atoms with E-state index in [4.69, 9.17) is 9.47 Å². The average Bonchev–Trinajstić information content (AvgIpc) is 3.21. The molecule has 0 radical (unpaired) electrons. The van der Waals surface area contributed by atoms with Crippen molar-refractivity contribution < 1.29 is 19.1 Å². The van der Waals surface area contributed by atoms with Crippen LogP contribution in [0.5, 0.6) is 5.75 Å². The Balaban J connectivity index is 1.88. The maximum absolute atomic E-state index is 12.9. The summed E-state index contributed by atoms with van der Waals surface area (Å²) in [7, 11) is 1.57. The van der Waals surface area contributed by atoms with E-state index in [2.05, 4.69) is 10.4 Å². The van der Waals surface area contributed by atoms with Gasteiger partial charge in [0.2, 0.25) is 0 Å². The highest BCUT2D eigenvalue weighted by Gasteiger charge is 2.22. The number of benzene rings is 2. The second-order valence-electron chi connectivity index (χ2n) is 7.23. The molecule has 31 heavy (non-hydrogen) atoms. The highest BCUT2D eigenvalue weighted by molar-refractivity contribution is 5.97. The van der Waals surface area contributed by atoms with Gasteiger partial charge in [0.15, 0.2) is 6.61 Å². The minimum atomic E-state index is -0.612. The molecule has 3 aromatic rings. The van der Waals surface area contributed by atoms with Crippen molar-refractivity contribution in [3.8, 4) is 17.0 Å². The van der Waals surface area contributed by atoms with Crippen LogP contribution in [0.25, 0.3) is 11.3 Å². The molecule has 7 nitrogen and oxygen atoms in total. The van der Waals surface area contributed by atoms with Crippen molar-refractivity contribution >= 4 is 11.9 Å². The molecule has 3 rings (SSSR count). The number of rotatable bonds is 9. The Morgan fingerprint density at radius 2 is 1.81 bits per heavy atom. The van der Waals surface area contributed by atoms with Crippen LogP contribution in [0.3, 0.4) is 0 Å². The number of aromatic nitrogens is 2. The number of amides is 1. The summed E-state index contributed by atoms with van der Waals surface area (Å²) in [6, 6.07) is 17.2. The van der Waals surface area contributed by atoms with Crippen molar-refractivity contribution in [2.24, 2.45) is 0 Å². The maximum Gasteiger partial charge on any atom is 0.342 e. The topological polar surface area (TPSA) is 82.5 Å². The molecule has 0 saturated heterocycles. The molecule has 0 bridgehead atoms. The van der Waals surface area contributed by atoms with Crippen LogP contribution in [-0.4, -0.2) is 41.4 Å². The lowest BCUT2D eigenvalue weighted by Crippen LogP contribution is -2.35. The van der Waals surface area contributed by atoms with Crippen molar-refractivity contribution in [1.82, 2.24) is 15.1 Å².